The summed E-state index contributed by atoms with van der Waals surface area (Å²) >= 11 is 0. The first kappa shape index (κ1) is 45.4. The Morgan fingerprint density at radius 2 is 1.46 bits per heavy atom. The third kappa shape index (κ3) is 9.23. The molecular weight excluding hydrogens is 863 g/mol. The number of rotatable bonds is 15. The minimum atomic E-state index is -4.15. The number of hydrogen-bond donors (Lipinski definition) is 1. The molecule has 0 spiro atoms. The summed E-state index contributed by atoms with van der Waals surface area (Å²) in [5.74, 6) is -0.939. The monoisotopic (exact) mass is 913 g/mol. The number of anilines is 1. The van der Waals surface area contributed by atoms with Crippen LogP contribution in [-0.4, -0.2) is 84.9 Å². The van der Waals surface area contributed by atoms with Crippen molar-refractivity contribution in [1.82, 2.24) is 19.5 Å². The summed E-state index contributed by atoms with van der Waals surface area (Å²) in [7, 11) is -7.54. The van der Waals surface area contributed by atoms with Crippen LogP contribution in [-0.2, 0) is 44.3 Å². The molecule has 8 rings (SSSR count). The van der Waals surface area contributed by atoms with Crippen LogP contribution >= 0.6 is 0 Å². The minimum Gasteiger partial charge on any atom is -0.455 e. The maximum atomic E-state index is 13.3. The van der Waals surface area contributed by atoms with E-state index < -0.39 is 65.5 Å². The molecule has 1 aliphatic heterocycles. The summed E-state index contributed by atoms with van der Waals surface area (Å²) in [6, 6.07) is 42.5. The van der Waals surface area contributed by atoms with E-state index in [-0.39, 0.29) is 30.2 Å². The number of amides is 1. The molecule has 1 amide bonds. The smallest absolute Gasteiger partial charge is 0.303 e. The molecule has 7 aromatic rings. The van der Waals surface area contributed by atoms with Gasteiger partial charge in [-0.25, -0.2) is 15.0 Å². The number of hydrogen-bond acceptors (Lipinski definition) is 12. The van der Waals surface area contributed by atoms with Gasteiger partial charge in [0.2, 0.25) is 0 Å². The maximum absolute atomic E-state index is 13.3. The zero-order valence-electron chi connectivity index (χ0n) is 37.0. The van der Waals surface area contributed by atoms with Gasteiger partial charge in [-0.05, 0) is 56.9 Å². The van der Waals surface area contributed by atoms with E-state index in [0.29, 0.717) is 5.56 Å². The van der Waals surface area contributed by atoms with Gasteiger partial charge in [-0.3, -0.25) is 18.3 Å². The van der Waals surface area contributed by atoms with Crippen molar-refractivity contribution in [3.8, 4) is 0 Å². The first-order valence-electron chi connectivity index (χ1n) is 21.2. The van der Waals surface area contributed by atoms with Crippen LogP contribution in [0.4, 0.5) is 5.82 Å². The molecule has 0 saturated carbocycles. The van der Waals surface area contributed by atoms with Gasteiger partial charge >= 0.3 is 5.97 Å². The molecule has 14 nitrogen and oxygen atoms in total. The van der Waals surface area contributed by atoms with Crippen LogP contribution in [0.3, 0.4) is 0 Å². The Bertz CT molecular complexity index is 2880. The first-order valence-corrected chi connectivity index (χ1v) is 24.9. The van der Waals surface area contributed by atoms with Gasteiger partial charge in [0.15, 0.2) is 29.3 Å². The summed E-state index contributed by atoms with van der Waals surface area (Å²) in [5, 5.41) is 6.28. The molecule has 0 radical (unpaired) electrons. The van der Waals surface area contributed by atoms with Crippen molar-refractivity contribution in [2.45, 2.75) is 76.4 Å². The molecule has 5 aromatic carbocycles. The molecule has 1 aliphatic rings. The fourth-order valence-electron chi connectivity index (χ4n) is 8.85. The molecule has 5 atom stereocenters. The highest BCUT2D eigenvalue weighted by molar-refractivity contribution is 7.86. The predicted octanol–water partition coefficient (Wildman–Crippen LogP) is 6.96. The molecule has 1 fully saturated rings. The van der Waals surface area contributed by atoms with E-state index in [1.807, 2.05) is 109 Å². The first-order chi connectivity index (χ1) is 31.1. The van der Waals surface area contributed by atoms with Gasteiger partial charge in [-0.1, -0.05) is 136 Å². The van der Waals surface area contributed by atoms with Crippen molar-refractivity contribution in [2.24, 2.45) is 0 Å². The SMILES string of the molecule is CC(=O)O[C@H]1[C@H](n2cnc3c(NC(=O)c4ccccc4)ncnc32)O[C@@](CO[Si](c2ccccc2)(c2ccccc2)C(C)(C)C)([C@@H](C)OS(C)(=O)=O)[C@H]1OCc1ccc2ccccc2c1. The molecule has 336 valence electrons. The Morgan fingerprint density at radius 1 is 0.846 bits per heavy atom. The number of imidazole rings is 1. The normalized spacial score (nSPS) is 19.6. The van der Waals surface area contributed by atoms with Gasteiger partial charge in [0, 0.05) is 12.5 Å². The molecule has 16 heteroatoms. The largest absolute Gasteiger partial charge is 0.455 e. The van der Waals surface area contributed by atoms with E-state index in [2.05, 4.69) is 41.0 Å². The minimum absolute atomic E-state index is 0.00157. The number of carbonyl (C=O) groups excluding carboxylic acids is 2. The Hall–Kier alpha value is -6.14. The van der Waals surface area contributed by atoms with Gasteiger partial charge in [0.05, 0.1) is 25.8 Å². The lowest BCUT2D eigenvalue weighted by molar-refractivity contribution is -0.180. The summed E-state index contributed by atoms with van der Waals surface area (Å²) < 4.78 is 61.9. The van der Waals surface area contributed by atoms with Crippen molar-refractivity contribution in [3.05, 3.63) is 157 Å². The third-order valence-corrected chi connectivity index (χ3v) is 17.4. The topological polar surface area (TPSA) is 170 Å². The highest BCUT2D eigenvalue weighted by atomic mass is 32.2. The van der Waals surface area contributed by atoms with Crippen LogP contribution in [0.1, 0.15) is 56.8 Å². The van der Waals surface area contributed by atoms with E-state index in [1.54, 1.807) is 35.8 Å². The highest BCUT2D eigenvalue weighted by Crippen LogP contribution is 2.47. The fraction of sp³-hybridized carbons (Fsp3) is 0.286. The Labute approximate surface area is 379 Å². The number of ether oxygens (including phenoxy) is 3. The van der Waals surface area contributed by atoms with Crippen molar-refractivity contribution < 1.29 is 40.8 Å². The second-order valence-electron chi connectivity index (χ2n) is 17.2. The van der Waals surface area contributed by atoms with Gasteiger partial charge in [0.25, 0.3) is 24.3 Å². The average molecular weight is 914 g/mol. The van der Waals surface area contributed by atoms with Crippen LogP contribution in [0.5, 0.6) is 0 Å². The van der Waals surface area contributed by atoms with Crippen LogP contribution in [0.2, 0.25) is 5.04 Å². The quantitative estimate of drug-likeness (QED) is 0.0639. The van der Waals surface area contributed by atoms with E-state index >= 15 is 0 Å². The van der Waals surface area contributed by atoms with E-state index in [0.717, 1.165) is 33.0 Å². The summed E-state index contributed by atoms with van der Waals surface area (Å²) in [4.78, 5) is 40.2. The lowest BCUT2D eigenvalue weighted by Gasteiger charge is -2.46. The maximum Gasteiger partial charge on any atom is 0.303 e. The molecule has 0 aliphatic carbocycles. The number of nitrogens with zero attached hydrogens (tertiary/aromatic N) is 4. The summed E-state index contributed by atoms with van der Waals surface area (Å²) in [5.41, 5.74) is -0.168. The molecule has 3 heterocycles. The molecule has 65 heavy (non-hydrogen) atoms. The number of benzene rings is 5. The fourth-order valence-corrected chi connectivity index (χ4v) is 14.1. The third-order valence-electron chi connectivity index (χ3n) is 11.8. The Kier molecular flexibility index (Phi) is 12.8. The number of nitrogens with one attached hydrogen (secondary N) is 1. The van der Waals surface area contributed by atoms with Crippen molar-refractivity contribution in [1.29, 1.82) is 0 Å². The second-order valence-corrected chi connectivity index (χ2v) is 23.1. The number of esters is 1. The average Bonchev–Trinajstić information content (AvgIpc) is 3.85. The molecule has 1 saturated heterocycles. The molecule has 0 bridgehead atoms. The number of carbonyl (C=O) groups is 2. The lowest BCUT2D eigenvalue weighted by atomic mass is 9.90. The van der Waals surface area contributed by atoms with E-state index in [9.17, 15) is 18.0 Å². The van der Waals surface area contributed by atoms with E-state index in [4.69, 9.17) is 22.8 Å². The van der Waals surface area contributed by atoms with Gasteiger partial charge in [0.1, 0.15) is 24.1 Å². The Morgan fingerprint density at radius 3 is 2.08 bits per heavy atom. The highest BCUT2D eigenvalue weighted by Gasteiger charge is 2.64. The van der Waals surface area contributed by atoms with Gasteiger partial charge < -0.3 is 24.0 Å². The molecule has 2 aromatic heterocycles. The zero-order valence-corrected chi connectivity index (χ0v) is 38.8. The van der Waals surface area contributed by atoms with Crippen LogP contribution in [0.15, 0.2) is 146 Å². The zero-order chi connectivity index (χ0) is 46.0. The number of fused-ring (bicyclic) bond motifs is 2. The predicted molar refractivity (Wildman–Crippen MR) is 250 cm³/mol. The molecule has 0 unspecified atom stereocenters. The van der Waals surface area contributed by atoms with Crippen molar-refractivity contribution in [3.63, 3.8) is 0 Å². The molecule has 1 N–H and O–H groups in total. The van der Waals surface area contributed by atoms with Crippen LogP contribution in [0.25, 0.3) is 21.9 Å². The lowest BCUT2D eigenvalue weighted by Crippen LogP contribution is -2.69. The van der Waals surface area contributed by atoms with Gasteiger partial charge in [-0.2, -0.15) is 8.42 Å². The summed E-state index contributed by atoms with van der Waals surface area (Å²) in [6.07, 6.45) is -1.38. The Balaban J connectivity index is 1.30. The summed E-state index contributed by atoms with van der Waals surface area (Å²) in [6.45, 7) is 8.95. The van der Waals surface area contributed by atoms with E-state index in [1.165, 1.54) is 19.6 Å². The van der Waals surface area contributed by atoms with Gasteiger partial charge in [-0.15, -0.1) is 0 Å². The van der Waals surface area contributed by atoms with Crippen LogP contribution in [0, 0.1) is 0 Å². The van der Waals surface area contributed by atoms with Crippen molar-refractivity contribution in [2.75, 3.05) is 18.2 Å². The van der Waals surface area contributed by atoms with Crippen LogP contribution < -0.4 is 15.7 Å². The number of aromatic nitrogens is 4. The standard InChI is InChI=1S/C49H51N5O9SSi/c1-33(63-64(6,57)58)49(30-60-65(48(3,4)5,39-22-12-8-13-23-39)40-24-14-9-15-25-40)43(59-29-35-26-27-36-18-16-17-21-38(36)28-35)42(61-34(2)55)47(62-49)54-32-52-41-44(50-31-51-45(41)54)53-46(56)37-19-10-7-11-20-37/h7-28,31-33,42-43,47H,29-30H2,1-6H3,(H,50,51,53,56)/t33-,42-,43+,47-,49+/m1/s1. The molecular formula is C49H51N5O9SSi. The second kappa shape index (κ2) is 18.4. The van der Waals surface area contributed by atoms with Crippen molar-refractivity contribution >= 4 is 68.4 Å².